The second-order valence-corrected chi connectivity index (χ2v) is 3.81. The van der Waals surface area contributed by atoms with Crippen LogP contribution in [0.2, 0.25) is 0 Å². The lowest BCUT2D eigenvalue weighted by atomic mass is 9.91. The first-order chi connectivity index (χ1) is 6.16. The molecule has 1 aliphatic carbocycles. The third-order valence-corrected chi connectivity index (χ3v) is 2.54. The van der Waals surface area contributed by atoms with Gasteiger partial charge < -0.3 is 0 Å². The lowest BCUT2D eigenvalue weighted by molar-refractivity contribution is 0.619. The molecule has 0 saturated carbocycles. The van der Waals surface area contributed by atoms with Crippen molar-refractivity contribution in [3.63, 3.8) is 0 Å². The number of hydrogen-bond donors (Lipinski definition) is 0. The van der Waals surface area contributed by atoms with Gasteiger partial charge in [-0.3, -0.25) is 0 Å². The van der Waals surface area contributed by atoms with E-state index < -0.39 is 0 Å². The summed E-state index contributed by atoms with van der Waals surface area (Å²) in [7, 11) is 0. The van der Waals surface area contributed by atoms with Crippen LogP contribution in [-0.4, -0.2) is 0 Å². The summed E-state index contributed by atoms with van der Waals surface area (Å²) in [6.45, 7) is 4.00. The fraction of sp³-hybridized carbons (Fsp3) is 0.333. The maximum Gasteiger partial charge on any atom is 0.130 e. The van der Waals surface area contributed by atoms with Gasteiger partial charge in [0.05, 0.1) is 0 Å². The number of allylic oxidation sites excluding steroid dienone is 1. The molecule has 0 fully saturated rings. The van der Waals surface area contributed by atoms with E-state index in [9.17, 15) is 4.39 Å². The predicted octanol–water partition coefficient (Wildman–Crippen LogP) is 3.48. The molecule has 0 N–H and O–H groups in total. The summed E-state index contributed by atoms with van der Waals surface area (Å²) in [5, 5.41) is 0. The largest absolute Gasteiger partial charge is 0.206 e. The van der Waals surface area contributed by atoms with Gasteiger partial charge in [-0.1, -0.05) is 17.7 Å². The van der Waals surface area contributed by atoms with Crippen LogP contribution in [-0.2, 0) is 6.42 Å². The minimum atomic E-state index is -0.0750. The van der Waals surface area contributed by atoms with Crippen molar-refractivity contribution < 1.29 is 4.39 Å². The summed E-state index contributed by atoms with van der Waals surface area (Å²) >= 11 is 0. The van der Waals surface area contributed by atoms with Crippen molar-refractivity contribution in [3.8, 4) is 0 Å². The summed E-state index contributed by atoms with van der Waals surface area (Å²) < 4.78 is 13.5. The molecule has 1 aliphatic rings. The number of rotatable bonds is 0. The molecule has 0 spiro atoms. The molecule has 0 aliphatic heterocycles. The second kappa shape index (κ2) is 2.99. The molecule has 1 aromatic rings. The van der Waals surface area contributed by atoms with E-state index >= 15 is 0 Å². The van der Waals surface area contributed by atoms with Gasteiger partial charge in [-0.2, -0.15) is 0 Å². The fourth-order valence-corrected chi connectivity index (χ4v) is 1.84. The zero-order valence-corrected chi connectivity index (χ0v) is 8.02. The van der Waals surface area contributed by atoms with E-state index in [4.69, 9.17) is 0 Å². The molecule has 0 atom stereocenters. The van der Waals surface area contributed by atoms with Crippen molar-refractivity contribution in [2.24, 2.45) is 0 Å². The average molecular weight is 176 g/mol. The van der Waals surface area contributed by atoms with Crippen molar-refractivity contribution in [2.45, 2.75) is 26.7 Å². The van der Waals surface area contributed by atoms with Crippen molar-refractivity contribution in [1.82, 2.24) is 0 Å². The Bertz CT molecular complexity index is 375. The van der Waals surface area contributed by atoms with Crippen LogP contribution >= 0.6 is 0 Å². The van der Waals surface area contributed by atoms with E-state index in [0.29, 0.717) is 0 Å². The quantitative estimate of drug-likeness (QED) is 0.567. The summed E-state index contributed by atoms with van der Waals surface area (Å²) in [6, 6.07) is 3.69. The second-order valence-electron chi connectivity index (χ2n) is 3.81. The summed E-state index contributed by atoms with van der Waals surface area (Å²) in [4.78, 5) is 0. The lowest BCUT2D eigenvalue weighted by Crippen LogP contribution is -2.00. The van der Waals surface area contributed by atoms with Gasteiger partial charge in [-0.25, -0.2) is 4.39 Å². The molecule has 0 radical (unpaired) electrons. The topological polar surface area (TPSA) is 0 Å². The van der Waals surface area contributed by atoms with Crippen LogP contribution in [0.3, 0.4) is 0 Å². The molecule has 13 heavy (non-hydrogen) atoms. The highest BCUT2D eigenvalue weighted by atomic mass is 19.1. The average Bonchev–Trinajstić information content (AvgIpc) is 2.06. The molecule has 0 nitrogen and oxygen atoms in total. The maximum atomic E-state index is 13.5. The molecular formula is C12H13F. The molecule has 0 unspecified atom stereocenters. The maximum absolute atomic E-state index is 13.5. The van der Waals surface area contributed by atoms with Crippen LogP contribution in [0.1, 0.15) is 30.0 Å². The third kappa shape index (κ3) is 1.51. The molecule has 1 heteroatoms. The first kappa shape index (κ1) is 8.49. The van der Waals surface area contributed by atoms with Gasteiger partial charge in [0.2, 0.25) is 0 Å². The first-order valence-electron chi connectivity index (χ1n) is 4.63. The van der Waals surface area contributed by atoms with Crippen molar-refractivity contribution in [2.75, 3.05) is 0 Å². The van der Waals surface area contributed by atoms with Gasteiger partial charge in [-0.15, -0.1) is 0 Å². The number of benzene rings is 1. The number of hydrogen-bond acceptors (Lipinski definition) is 0. The minimum absolute atomic E-state index is 0.0750. The smallest absolute Gasteiger partial charge is 0.130 e. The van der Waals surface area contributed by atoms with Crippen molar-refractivity contribution in [3.05, 3.63) is 40.2 Å². The first-order valence-corrected chi connectivity index (χ1v) is 4.63. The Hall–Kier alpha value is -1.11. The van der Waals surface area contributed by atoms with Crippen LogP contribution in [0.4, 0.5) is 4.39 Å². The van der Waals surface area contributed by atoms with E-state index in [-0.39, 0.29) is 5.82 Å². The highest BCUT2D eigenvalue weighted by molar-refractivity contribution is 5.60. The van der Waals surface area contributed by atoms with E-state index in [2.05, 4.69) is 13.0 Å². The Kier molecular flexibility index (Phi) is 1.95. The molecule has 0 bridgehead atoms. The van der Waals surface area contributed by atoms with Crippen molar-refractivity contribution >= 4 is 6.08 Å². The Morgan fingerprint density at radius 3 is 2.69 bits per heavy atom. The summed E-state index contributed by atoms with van der Waals surface area (Å²) in [5.74, 6) is -0.0750. The predicted molar refractivity (Wildman–Crippen MR) is 53.1 cm³/mol. The molecule has 2 rings (SSSR count). The highest BCUT2D eigenvalue weighted by Crippen LogP contribution is 2.26. The van der Waals surface area contributed by atoms with Crippen LogP contribution in [0.25, 0.3) is 6.08 Å². The van der Waals surface area contributed by atoms with Gasteiger partial charge in [0, 0.05) is 5.56 Å². The van der Waals surface area contributed by atoms with Crippen LogP contribution < -0.4 is 0 Å². The standard InChI is InChI=1S/C12H13F/c1-8-3-4-10-5-9(2)7-12(13)11(10)6-8/h5-7H,3-4H2,1-2H3. The SMILES string of the molecule is CC1=Cc2c(F)cc(C)cc2CC1. The van der Waals surface area contributed by atoms with Gasteiger partial charge >= 0.3 is 0 Å². The number of fused-ring (bicyclic) bond motifs is 1. The molecular weight excluding hydrogens is 163 g/mol. The molecule has 0 amide bonds. The van der Waals surface area contributed by atoms with Gasteiger partial charge in [0.15, 0.2) is 0 Å². The lowest BCUT2D eigenvalue weighted by Gasteiger charge is -2.15. The highest BCUT2D eigenvalue weighted by Gasteiger charge is 2.12. The van der Waals surface area contributed by atoms with E-state index in [1.165, 1.54) is 5.57 Å². The van der Waals surface area contributed by atoms with Crippen LogP contribution in [0, 0.1) is 12.7 Å². The Morgan fingerprint density at radius 2 is 1.92 bits per heavy atom. The normalized spacial score (nSPS) is 15.2. The minimum Gasteiger partial charge on any atom is -0.206 e. The Balaban J connectivity index is 2.61. The van der Waals surface area contributed by atoms with Crippen LogP contribution in [0.5, 0.6) is 0 Å². The van der Waals surface area contributed by atoms with Gasteiger partial charge in [0.25, 0.3) is 0 Å². The van der Waals surface area contributed by atoms with Crippen molar-refractivity contribution in [1.29, 1.82) is 0 Å². The Morgan fingerprint density at radius 1 is 1.15 bits per heavy atom. The molecule has 0 saturated heterocycles. The number of halogens is 1. The number of aryl methyl sites for hydroxylation is 2. The molecule has 1 aromatic carbocycles. The third-order valence-electron chi connectivity index (χ3n) is 2.54. The van der Waals surface area contributed by atoms with Crippen LogP contribution in [0.15, 0.2) is 17.7 Å². The monoisotopic (exact) mass is 176 g/mol. The summed E-state index contributed by atoms with van der Waals surface area (Å²) in [6.07, 6.45) is 4.01. The zero-order valence-electron chi connectivity index (χ0n) is 8.02. The van der Waals surface area contributed by atoms with E-state index in [0.717, 1.165) is 29.5 Å². The van der Waals surface area contributed by atoms with Gasteiger partial charge in [-0.05, 0) is 43.9 Å². The zero-order chi connectivity index (χ0) is 9.42. The molecule has 0 aromatic heterocycles. The molecule has 68 valence electrons. The van der Waals surface area contributed by atoms with E-state index in [1.807, 2.05) is 13.0 Å². The van der Waals surface area contributed by atoms with Gasteiger partial charge in [0.1, 0.15) is 5.82 Å². The molecule has 0 heterocycles. The fourth-order valence-electron chi connectivity index (χ4n) is 1.84. The van der Waals surface area contributed by atoms with E-state index in [1.54, 1.807) is 6.07 Å². The Labute approximate surface area is 78.1 Å². The summed E-state index contributed by atoms with van der Waals surface area (Å²) in [5.41, 5.74) is 4.25.